The molecule has 2 atom stereocenters. The van der Waals surface area contributed by atoms with Gasteiger partial charge in [0.05, 0.1) is 18.9 Å². The highest BCUT2D eigenvalue weighted by Gasteiger charge is 2.21. The average molecular weight is 349 g/mol. The van der Waals surface area contributed by atoms with Crippen molar-refractivity contribution in [3.63, 3.8) is 0 Å². The number of hydrogen-bond donors (Lipinski definition) is 4. The average Bonchev–Trinajstić information content (AvgIpc) is 2.54. The smallest absolute Gasteiger partial charge is 0.330 e. The van der Waals surface area contributed by atoms with E-state index in [1.807, 2.05) is 0 Å². The van der Waals surface area contributed by atoms with Crippen molar-refractivity contribution in [3.05, 3.63) is 41.5 Å². The summed E-state index contributed by atoms with van der Waals surface area (Å²) in [6.07, 6.45) is 3.36. The zero-order valence-corrected chi connectivity index (χ0v) is 14.6. The fourth-order valence-corrected chi connectivity index (χ4v) is 2.26. The summed E-state index contributed by atoms with van der Waals surface area (Å²) in [7, 11) is 1.27. The number of aliphatic hydroxyl groups is 1. The molecule has 1 rings (SSSR count). The number of rotatable bonds is 6. The van der Waals surface area contributed by atoms with Gasteiger partial charge in [0.15, 0.2) is 0 Å². The molecule has 0 radical (unpaired) electrons. The number of esters is 1. The van der Waals surface area contributed by atoms with E-state index in [0.29, 0.717) is 5.57 Å². The molecule has 0 aliphatic carbocycles. The van der Waals surface area contributed by atoms with Crippen molar-refractivity contribution in [3.8, 4) is 11.5 Å². The molecule has 0 bridgehead atoms. The van der Waals surface area contributed by atoms with Gasteiger partial charge in [0.25, 0.3) is 0 Å². The van der Waals surface area contributed by atoms with E-state index in [0.717, 1.165) is 0 Å². The van der Waals surface area contributed by atoms with Crippen LogP contribution in [0.4, 0.5) is 5.69 Å². The van der Waals surface area contributed by atoms with Gasteiger partial charge in [0.2, 0.25) is 5.91 Å². The number of aromatic hydroxyl groups is 2. The fourth-order valence-electron chi connectivity index (χ4n) is 2.26. The number of aliphatic hydroxyl groups excluding tert-OH is 1. The van der Waals surface area contributed by atoms with Gasteiger partial charge in [-0.1, -0.05) is 24.6 Å². The lowest BCUT2D eigenvalue weighted by Crippen LogP contribution is -2.10. The van der Waals surface area contributed by atoms with Crippen molar-refractivity contribution < 1.29 is 29.6 Å². The van der Waals surface area contributed by atoms with Crippen LogP contribution < -0.4 is 5.32 Å². The summed E-state index contributed by atoms with van der Waals surface area (Å²) in [4.78, 5) is 22.3. The topological polar surface area (TPSA) is 116 Å². The summed E-state index contributed by atoms with van der Waals surface area (Å²) in [5, 5.41) is 32.9. The van der Waals surface area contributed by atoms with Crippen LogP contribution in [0.5, 0.6) is 11.5 Å². The Morgan fingerprint density at radius 3 is 2.40 bits per heavy atom. The fraction of sp³-hybridized carbons (Fsp3) is 0.333. The Labute approximate surface area is 146 Å². The van der Waals surface area contributed by atoms with Crippen LogP contribution in [0.2, 0.25) is 0 Å². The Morgan fingerprint density at radius 2 is 1.84 bits per heavy atom. The number of ether oxygens (including phenoxy) is 1. The lowest BCUT2D eigenvalue weighted by molar-refractivity contribution is -0.134. The molecule has 1 aromatic rings. The minimum atomic E-state index is -1.14. The minimum Gasteiger partial charge on any atom is -0.508 e. The van der Waals surface area contributed by atoms with Crippen LogP contribution in [0, 0.1) is 5.92 Å². The van der Waals surface area contributed by atoms with Crippen molar-refractivity contribution in [1.29, 1.82) is 0 Å². The molecule has 1 amide bonds. The zero-order valence-electron chi connectivity index (χ0n) is 14.6. The van der Waals surface area contributed by atoms with Gasteiger partial charge in [0.1, 0.15) is 11.5 Å². The van der Waals surface area contributed by atoms with Gasteiger partial charge in [-0.05, 0) is 13.0 Å². The summed E-state index contributed by atoms with van der Waals surface area (Å²) in [5.74, 6) is -1.87. The van der Waals surface area contributed by atoms with Crippen LogP contribution in [0.15, 0.2) is 35.9 Å². The first kappa shape index (κ1) is 20.2. The molecule has 0 aliphatic rings. The molecule has 1 aromatic carbocycles. The Bertz CT molecular complexity index is 708. The van der Waals surface area contributed by atoms with Gasteiger partial charge >= 0.3 is 5.97 Å². The molecule has 0 saturated heterocycles. The van der Waals surface area contributed by atoms with E-state index in [9.17, 15) is 24.9 Å². The molecule has 7 heteroatoms. The number of carbonyl (C=O) groups excluding carboxylic acids is 2. The first-order chi connectivity index (χ1) is 11.6. The number of hydrogen-bond acceptors (Lipinski definition) is 6. The van der Waals surface area contributed by atoms with Gasteiger partial charge in [0, 0.05) is 30.5 Å². The third kappa shape index (κ3) is 5.96. The van der Waals surface area contributed by atoms with Gasteiger partial charge in [-0.2, -0.15) is 0 Å². The summed E-state index contributed by atoms with van der Waals surface area (Å²) < 4.78 is 4.50. The number of allylic oxidation sites excluding steroid dienone is 2. The molecule has 0 spiro atoms. The molecular formula is C18H23NO6. The zero-order chi connectivity index (χ0) is 19.1. The van der Waals surface area contributed by atoms with Crippen LogP contribution in [0.3, 0.4) is 0 Å². The van der Waals surface area contributed by atoms with E-state index < -0.39 is 23.9 Å². The maximum atomic E-state index is 11.2. The third-order valence-electron chi connectivity index (χ3n) is 3.46. The molecule has 0 fully saturated rings. The van der Waals surface area contributed by atoms with Crippen molar-refractivity contribution in [2.45, 2.75) is 26.9 Å². The number of phenolic OH excluding ortho intramolecular Hbond substituents is 2. The molecule has 0 unspecified atom stereocenters. The van der Waals surface area contributed by atoms with Gasteiger partial charge in [-0.15, -0.1) is 0 Å². The number of amides is 1. The number of carbonyl (C=O) groups is 2. The number of anilines is 1. The van der Waals surface area contributed by atoms with Crippen LogP contribution in [0.1, 0.15) is 32.4 Å². The maximum Gasteiger partial charge on any atom is 0.330 e. The minimum absolute atomic E-state index is 0.0139. The Hall–Kier alpha value is -2.80. The summed E-state index contributed by atoms with van der Waals surface area (Å²) in [6.45, 7) is 4.72. The lowest BCUT2D eigenvalue weighted by Gasteiger charge is -2.20. The normalized spacial score (nSPS) is 14.2. The quantitative estimate of drug-likeness (QED) is 0.206. The predicted octanol–water partition coefficient (Wildman–Crippen LogP) is 2.40. The molecular weight excluding hydrogens is 326 g/mol. The first-order valence-corrected chi connectivity index (χ1v) is 7.61. The number of benzene rings is 1. The Balaban J connectivity index is 3.07. The highest BCUT2D eigenvalue weighted by Crippen LogP contribution is 2.38. The molecule has 0 heterocycles. The highest BCUT2D eigenvalue weighted by molar-refractivity contribution is 5.91. The van der Waals surface area contributed by atoms with Gasteiger partial charge in [-0.25, -0.2) is 4.79 Å². The van der Waals surface area contributed by atoms with E-state index in [2.05, 4.69) is 10.1 Å². The van der Waals surface area contributed by atoms with Crippen LogP contribution in [0.25, 0.3) is 0 Å². The molecule has 25 heavy (non-hydrogen) atoms. The van der Waals surface area contributed by atoms with E-state index in [-0.39, 0.29) is 22.7 Å². The molecule has 0 aliphatic heterocycles. The van der Waals surface area contributed by atoms with Crippen molar-refractivity contribution in [2.75, 3.05) is 12.4 Å². The van der Waals surface area contributed by atoms with Crippen LogP contribution >= 0.6 is 0 Å². The predicted molar refractivity (Wildman–Crippen MR) is 93.1 cm³/mol. The highest BCUT2D eigenvalue weighted by atomic mass is 16.5. The van der Waals surface area contributed by atoms with E-state index >= 15 is 0 Å². The molecule has 0 saturated carbocycles. The van der Waals surface area contributed by atoms with E-state index in [4.69, 9.17) is 0 Å². The van der Waals surface area contributed by atoms with Gasteiger partial charge in [-0.3, -0.25) is 4.79 Å². The Kier molecular flexibility index (Phi) is 7.20. The second-order valence-electron chi connectivity index (χ2n) is 5.68. The lowest BCUT2D eigenvalue weighted by atomic mass is 9.94. The van der Waals surface area contributed by atoms with Crippen molar-refractivity contribution >= 4 is 17.6 Å². The Morgan fingerprint density at radius 1 is 1.20 bits per heavy atom. The van der Waals surface area contributed by atoms with Gasteiger partial charge < -0.3 is 25.4 Å². The summed E-state index contributed by atoms with van der Waals surface area (Å²) in [5.41, 5.74) is 0.802. The number of phenols is 2. The van der Waals surface area contributed by atoms with Crippen molar-refractivity contribution in [1.82, 2.24) is 0 Å². The van der Waals surface area contributed by atoms with Crippen molar-refractivity contribution in [2.24, 2.45) is 5.92 Å². The summed E-state index contributed by atoms with van der Waals surface area (Å²) >= 11 is 0. The molecule has 7 nitrogen and oxygen atoms in total. The number of methoxy groups -OCH3 is 1. The van der Waals surface area contributed by atoms with Crippen LogP contribution in [-0.2, 0) is 14.3 Å². The number of nitrogens with one attached hydrogen (secondary N) is 1. The largest absolute Gasteiger partial charge is 0.508 e. The molecule has 136 valence electrons. The second kappa shape index (κ2) is 8.89. The van der Waals surface area contributed by atoms with E-state index in [1.54, 1.807) is 26.0 Å². The maximum absolute atomic E-state index is 11.2. The monoisotopic (exact) mass is 349 g/mol. The second-order valence-corrected chi connectivity index (χ2v) is 5.68. The van der Waals surface area contributed by atoms with Crippen LogP contribution in [-0.4, -0.2) is 34.3 Å². The first-order valence-electron chi connectivity index (χ1n) is 7.61. The standard InChI is InChI=1S/C18H23NO6/c1-10(5-6-16(22)25-4)7-11(2)17(23)14-8-13(21)9-15(18(14)24)19-12(3)20/h5-9,11,17,21,23-24H,1-4H3,(H,19,20)/b6-5+,10-7+/t11-,17+/m1/s1. The SMILES string of the molecule is COC(=O)/C=C/C(C)=C/[C@@H](C)[C@H](O)c1cc(O)cc(NC(C)=O)c1O. The third-order valence-corrected chi connectivity index (χ3v) is 3.46. The molecule has 4 N–H and O–H groups in total. The van der Waals surface area contributed by atoms with E-state index in [1.165, 1.54) is 32.2 Å². The molecule has 0 aromatic heterocycles. The summed E-state index contributed by atoms with van der Waals surface area (Å²) in [6, 6.07) is 2.42.